The number of alkyl halides is 6. The Hall–Kier alpha value is -0.620. The predicted octanol–water partition coefficient (Wildman–Crippen LogP) is 7.27. The number of carbonyl (C=O) groups is 1. The van der Waals surface area contributed by atoms with Gasteiger partial charge in [0.15, 0.2) is 0 Å². The second-order valence-electron chi connectivity index (χ2n) is 9.35. The van der Waals surface area contributed by atoms with Crippen molar-refractivity contribution in [1.82, 2.24) is 3.71 Å². The first-order valence-electron chi connectivity index (χ1n) is 12.7. The lowest BCUT2D eigenvalue weighted by atomic mass is 10.2. The van der Waals surface area contributed by atoms with Crippen molar-refractivity contribution in [1.29, 1.82) is 0 Å². The predicted molar refractivity (Wildman–Crippen MR) is 136 cm³/mol. The Bertz CT molecular complexity index is 817. The van der Waals surface area contributed by atoms with Crippen LogP contribution in [0.3, 0.4) is 0 Å². The monoisotopic (exact) mass is 608 g/mol. The van der Waals surface area contributed by atoms with Crippen LogP contribution in [0.25, 0.3) is 0 Å². The largest absolute Gasteiger partial charge is 0.517 e. The summed E-state index contributed by atoms with van der Waals surface area (Å²) in [5, 5.41) is 0. The maximum absolute atomic E-state index is 13.3. The number of halogens is 6. The summed E-state index contributed by atoms with van der Waals surface area (Å²) in [7, 11) is -16.9. The van der Waals surface area contributed by atoms with Gasteiger partial charge < -0.3 is 0 Å². The molecule has 0 unspecified atom stereocenters. The molecule has 0 aromatic heterocycles. The van der Waals surface area contributed by atoms with E-state index in [0.717, 1.165) is 57.8 Å². The Morgan fingerprint density at radius 3 is 1.14 bits per heavy atom. The first kappa shape index (κ1) is 36.4. The fourth-order valence-electron chi connectivity index (χ4n) is 4.12. The van der Waals surface area contributed by atoms with E-state index in [0.29, 0.717) is 37.7 Å². The Morgan fingerprint density at radius 1 is 0.595 bits per heavy atom. The molecule has 222 valence electrons. The standard InChI is InChI=1S/C22H41F6NO5PS2/c1-4-7-10-13-16-35(17-14-11-8-5-2,18-15-12-9-6-3)19-20(30)29(36(31,32)21(23,24)25)37(33,34)22(26,27)28/h4-19H2,1-3H3/q+1. The van der Waals surface area contributed by atoms with E-state index >= 15 is 0 Å². The molecule has 0 aromatic rings. The zero-order valence-corrected chi connectivity index (χ0v) is 24.4. The lowest BCUT2D eigenvalue weighted by Crippen LogP contribution is -2.53. The van der Waals surface area contributed by atoms with Crippen molar-refractivity contribution in [2.75, 3.05) is 24.6 Å². The SMILES string of the molecule is CCCCCC[P+](CCCCCC)(CCCCCC)CC(=O)N(S(=O)(=O)C(F)(F)F)S(=O)(=O)C(F)(F)F. The molecule has 0 aliphatic carbocycles. The van der Waals surface area contributed by atoms with Crippen molar-refractivity contribution in [2.24, 2.45) is 0 Å². The average Bonchev–Trinajstić information content (AvgIpc) is 2.75. The summed E-state index contributed by atoms with van der Waals surface area (Å²) >= 11 is 0. The van der Waals surface area contributed by atoms with Gasteiger partial charge in [0, 0.05) is 7.26 Å². The highest BCUT2D eigenvalue weighted by Crippen LogP contribution is 2.61. The van der Waals surface area contributed by atoms with Crippen LogP contribution in [0.15, 0.2) is 0 Å². The highest BCUT2D eigenvalue weighted by atomic mass is 32.3. The minimum Gasteiger partial charge on any atom is -0.268 e. The summed E-state index contributed by atoms with van der Waals surface area (Å²) in [5.41, 5.74) is -12.8. The molecule has 6 nitrogen and oxygen atoms in total. The summed E-state index contributed by atoms with van der Waals surface area (Å²) in [5.74, 6) is -2.18. The van der Waals surface area contributed by atoms with Crippen LogP contribution in [0.5, 0.6) is 0 Å². The third kappa shape index (κ3) is 11.2. The van der Waals surface area contributed by atoms with Crippen molar-refractivity contribution in [3.63, 3.8) is 0 Å². The van der Waals surface area contributed by atoms with Crippen molar-refractivity contribution >= 4 is 33.2 Å². The topological polar surface area (TPSA) is 88.6 Å². The van der Waals surface area contributed by atoms with Gasteiger partial charge in [-0.25, -0.2) is 0 Å². The first-order valence-corrected chi connectivity index (χ1v) is 18.2. The van der Waals surface area contributed by atoms with E-state index in [4.69, 9.17) is 0 Å². The Balaban J connectivity index is 6.53. The number of hydrogen-bond acceptors (Lipinski definition) is 5. The lowest BCUT2D eigenvalue weighted by Gasteiger charge is -2.30. The maximum atomic E-state index is 13.3. The third-order valence-electron chi connectivity index (χ3n) is 6.15. The molecule has 15 heteroatoms. The number of sulfonamides is 2. The van der Waals surface area contributed by atoms with Gasteiger partial charge in [-0.15, -0.1) is 3.71 Å². The zero-order valence-electron chi connectivity index (χ0n) is 21.8. The summed E-state index contributed by atoms with van der Waals surface area (Å²) in [6.45, 7) is 5.88. The van der Waals surface area contributed by atoms with E-state index in [1.54, 1.807) is 0 Å². The number of rotatable bonds is 19. The van der Waals surface area contributed by atoms with Gasteiger partial charge in [-0.2, -0.15) is 43.2 Å². The third-order valence-corrected chi connectivity index (χ3v) is 14.5. The van der Waals surface area contributed by atoms with Crippen molar-refractivity contribution in [3.05, 3.63) is 0 Å². The van der Waals surface area contributed by atoms with Gasteiger partial charge in [0.05, 0.1) is 18.5 Å². The molecule has 0 heterocycles. The summed E-state index contributed by atoms with van der Waals surface area (Å²) in [6.07, 6.45) is 9.31. The fraction of sp³-hybridized carbons (Fsp3) is 0.955. The molecule has 0 rings (SSSR count). The normalized spacial score (nSPS) is 13.6. The average molecular weight is 609 g/mol. The molecular weight excluding hydrogens is 567 g/mol. The van der Waals surface area contributed by atoms with Gasteiger partial charge in [0.2, 0.25) is 0 Å². The Labute approximate surface area is 218 Å². The molecule has 0 saturated carbocycles. The molecule has 0 saturated heterocycles. The zero-order chi connectivity index (χ0) is 29.0. The smallest absolute Gasteiger partial charge is 0.268 e. The highest BCUT2D eigenvalue weighted by Gasteiger charge is 2.64. The van der Waals surface area contributed by atoms with Gasteiger partial charge in [0.25, 0.3) is 5.91 Å². The molecule has 0 N–H and O–H groups in total. The molecular formula is C22H41F6NO5PS2+. The van der Waals surface area contributed by atoms with Crippen LogP contribution in [-0.2, 0) is 24.8 Å². The minimum absolute atomic E-state index is 0.378. The van der Waals surface area contributed by atoms with Crippen LogP contribution < -0.4 is 0 Å². The van der Waals surface area contributed by atoms with E-state index < -0.39 is 54.1 Å². The molecule has 0 aromatic carbocycles. The molecule has 0 spiro atoms. The summed E-state index contributed by atoms with van der Waals surface area (Å²) < 4.78 is 126. The number of carbonyl (C=O) groups excluding carboxylic acids is 1. The number of hydrogen-bond donors (Lipinski definition) is 0. The fourth-order valence-corrected chi connectivity index (χ4v) is 11.4. The Kier molecular flexibility index (Phi) is 15.6. The molecule has 37 heavy (non-hydrogen) atoms. The van der Waals surface area contributed by atoms with Crippen LogP contribution in [0.2, 0.25) is 0 Å². The maximum Gasteiger partial charge on any atom is 0.517 e. The van der Waals surface area contributed by atoms with Gasteiger partial charge in [-0.1, -0.05) is 59.3 Å². The number of amides is 1. The van der Waals surface area contributed by atoms with Crippen LogP contribution in [-0.4, -0.2) is 62.1 Å². The molecule has 0 fully saturated rings. The van der Waals surface area contributed by atoms with E-state index in [1.165, 1.54) is 0 Å². The van der Waals surface area contributed by atoms with Gasteiger partial charge in [0.1, 0.15) is 6.16 Å². The van der Waals surface area contributed by atoms with Crippen molar-refractivity contribution < 1.29 is 48.0 Å². The van der Waals surface area contributed by atoms with Crippen molar-refractivity contribution in [3.8, 4) is 0 Å². The van der Waals surface area contributed by atoms with Crippen molar-refractivity contribution in [2.45, 2.75) is 109 Å². The molecule has 1 amide bonds. The number of unbranched alkanes of at least 4 members (excludes halogenated alkanes) is 9. The summed E-state index contributed by atoms with van der Waals surface area (Å²) in [4.78, 5) is 13.0. The van der Waals surface area contributed by atoms with Crippen LogP contribution in [0, 0.1) is 0 Å². The first-order chi connectivity index (χ1) is 16.9. The van der Waals surface area contributed by atoms with E-state index in [9.17, 15) is 48.0 Å². The van der Waals surface area contributed by atoms with Crippen LogP contribution >= 0.6 is 7.26 Å². The second-order valence-corrected chi connectivity index (χ2v) is 17.5. The molecule has 0 atom stereocenters. The minimum atomic E-state index is -7.14. The van der Waals surface area contributed by atoms with Gasteiger partial charge in [-0.3, -0.25) is 4.79 Å². The highest BCUT2D eigenvalue weighted by molar-refractivity contribution is 8.05. The Morgan fingerprint density at radius 2 is 0.892 bits per heavy atom. The van der Waals surface area contributed by atoms with Gasteiger partial charge >= 0.3 is 31.1 Å². The molecule has 0 aliphatic heterocycles. The van der Waals surface area contributed by atoms with Crippen LogP contribution in [0.1, 0.15) is 97.8 Å². The second kappa shape index (κ2) is 15.8. The van der Waals surface area contributed by atoms with E-state index in [1.807, 2.05) is 20.8 Å². The van der Waals surface area contributed by atoms with E-state index in [-0.39, 0.29) is 0 Å². The lowest BCUT2D eigenvalue weighted by molar-refractivity contribution is -0.123. The molecule has 0 radical (unpaired) electrons. The van der Waals surface area contributed by atoms with Crippen LogP contribution in [0.4, 0.5) is 26.3 Å². The molecule has 0 bridgehead atoms. The van der Waals surface area contributed by atoms with Gasteiger partial charge in [-0.05, 0) is 38.5 Å². The number of nitrogens with zero attached hydrogens (tertiary/aromatic N) is 1. The molecule has 0 aliphatic rings. The summed E-state index contributed by atoms with van der Waals surface area (Å²) in [6, 6.07) is 0. The van der Waals surface area contributed by atoms with E-state index in [2.05, 4.69) is 0 Å². The quantitative estimate of drug-likeness (QED) is 0.0874.